The number of amides is 1. The molecule has 0 aliphatic carbocycles. The predicted octanol–water partition coefficient (Wildman–Crippen LogP) is 4.65. The minimum Gasteiger partial charge on any atom is -0.486 e. The van der Waals surface area contributed by atoms with Gasteiger partial charge >= 0.3 is 6.18 Å². The van der Waals surface area contributed by atoms with Crippen LogP contribution >= 0.6 is 0 Å². The van der Waals surface area contributed by atoms with Crippen LogP contribution in [0.2, 0.25) is 0 Å². The molecule has 38 heavy (non-hydrogen) atoms. The summed E-state index contributed by atoms with van der Waals surface area (Å²) in [5, 5.41) is 9.27. The number of hydrogen-bond acceptors (Lipinski definition) is 7. The third-order valence-corrected chi connectivity index (χ3v) is 5.65. The Bertz CT molecular complexity index is 1380. The molecule has 0 saturated carbocycles. The van der Waals surface area contributed by atoms with Crippen LogP contribution in [-0.2, 0) is 15.7 Å². The molecule has 2 aromatic carbocycles. The van der Waals surface area contributed by atoms with Gasteiger partial charge in [-0.25, -0.2) is 9.97 Å². The van der Waals surface area contributed by atoms with Crippen molar-refractivity contribution in [3.63, 3.8) is 0 Å². The standard InChI is InChI=1S/C27H26F3N5O3/c1-3-17-10-18(27(28,29)30)12-19(11-17)34-26-21-13-23(35-25(36)6-5-8-31-4-2)24(14-22(21)32-16-33-26)38-20-7-9-37-15-20/h1,5-6,10-14,16,20,31H,4,7-9,15H2,2H3,(H,35,36)(H,32,33,34)/b6-5+. The molecule has 11 heteroatoms. The Morgan fingerprint density at radius 3 is 2.82 bits per heavy atom. The molecule has 0 radical (unpaired) electrons. The molecule has 1 aliphatic heterocycles. The van der Waals surface area contributed by atoms with Gasteiger partial charge in [-0.1, -0.05) is 18.9 Å². The number of alkyl halides is 3. The van der Waals surface area contributed by atoms with Gasteiger partial charge in [-0.05, 0) is 30.8 Å². The van der Waals surface area contributed by atoms with E-state index < -0.39 is 11.7 Å². The maximum Gasteiger partial charge on any atom is 0.416 e. The monoisotopic (exact) mass is 525 g/mol. The lowest BCUT2D eigenvalue weighted by Crippen LogP contribution is -2.18. The Morgan fingerprint density at radius 1 is 1.26 bits per heavy atom. The van der Waals surface area contributed by atoms with Crippen molar-refractivity contribution in [1.82, 2.24) is 15.3 Å². The van der Waals surface area contributed by atoms with Gasteiger partial charge in [-0.15, -0.1) is 6.42 Å². The number of hydrogen-bond donors (Lipinski definition) is 3. The van der Waals surface area contributed by atoms with E-state index in [-0.39, 0.29) is 29.1 Å². The molecule has 2 heterocycles. The molecular formula is C27H26F3N5O3. The lowest BCUT2D eigenvalue weighted by Gasteiger charge is -2.18. The lowest BCUT2D eigenvalue weighted by molar-refractivity contribution is -0.137. The summed E-state index contributed by atoms with van der Waals surface area (Å²) >= 11 is 0. The van der Waals surface area contributed by atoms with Crippen molar-refractivity contribution < 1.29 is 27.4 Å². The summed E-state index contributed by atoms with van der Waals surface area (Å²) < 4.78 is 51.7. The van der Waals surface area contributed by atoms with E-state index in [9.17, 15) is 18.0 Å². The molecule has 198 valence electrons. The molecule has 1 saturated heterocycles. The maximum atomic E-state index is 13.4. The van der Waals surface area contributed by atoms with Crippen LogP contribution in [0.15, 0.2) is 48.8 Å². The van der Waals surface area contributed by atoms with E-state index in [1.807, 2.05) is 6.92 Å². The SMILES string of the molecule is C#Cc1cc(Nc2ncnc3cc(OC4CCOC4)c(NC(=O)/C=C/CNCC)cc23)cc(C(F)(F)F)c1. The topological polar surface area (TPSA) is 97.4 Å². The van der Waals surface area contributed by atoms with E-state index in [0.29, 0.717) is 48.5 Å². The van der Waals surface area contributed by atoms with E-state index in [1.165, 1.54) is 18.5 Å². The zero-order chi connectivity index (χ0) is 27.1. The zero-order valence-electron chi connectivity index (χ0n) is 20.6. The average molecular weight is 526 g/mol. The number of nitrogens with one attached hydrogen (secondary N) is 3. The van der Waals surface area contributed by atoms with Crippen molar-refractivity contribution in [1.29, 1.82) is 0 Å². The second kappa shape index (κ2) is 11.9. The number of carbonyl (C=O) groups excluding carboxylic acids is 1. The minimum absolute atomic E-state index is 0.0625. The lowest BCUT2D eigenvalue weighted by atomic mass is 10.1. The first kappa shape index (κ1) is 26.9. The summed E-state index contributed by atoms with van der Waals surface area (Å²) in [4.78, 5) is 21.1. The molecule has 1 aromatic heterocycles. The van der Waals surface area contributed by atoms with Crippen molar-refractivity contribution in [2.45, 2.75) is 25.6 Å². The van der Waals surface area contributed by atoms with Gasteiger partial charge in [0.25, 0.3) is 0 Å². The number of likely N-dealkylation sites (N-methyl/N-ethyl adjacent to an activating group) is 1. The number of ether oxygens (including phenoxy) is 2. The summed E-state index contributed by atoms with van der Waals surface area (Å²) in [5.41, 5.74) is 0.0937. The van der Waals surface area contributed by atoms with Crippen molar-refractivity contribution in [2.24, 2.45) is 0 Å². The molecule has 8 nitrogen and oxygen atoms in total. The Balaban J connectivity index is 1.71. The largest absolute Gasteiger partial charge is 0.486 e. The highest BCUT2D eigenvalue weighted by atomic mass is 19.4. The van der Waals surface area contributed by atoms with Gasteiger partial charge in [-0.3, -0.25) is 4.79 Å². The van der Waals surface area contributed by atoms with Crippen LogP contribution in [0.4, 0.5) is 30.4 Å². The van der Waals surface area contributed by atoms with E-state index >= 15 is 0 Å². The smallest absolute Gasteiger partial charge is 0.416 e. The first-order chi connectivity index (χ1) is 18.3. The van der Waals surface area contributed by atoms with E-state index in [0.717, 1.165) is 18.7 Å². The quantitative estimate of drug-likeness (QED) is 0.213. The van der Waals surface area contributed by atoms with Gasteiger partial charge < -0.3 is 25.4 Å². The fourth-order valence-corrected chi connectivity index (χ4v) is 3.82. The number of terminal acetylenes is 1. The van der Waals surface area contributed by atoms with E-state index in [1.54, 1.807) is 18.2 Å². The van der Waals surface area contributed by atoms with Crippen LogP contribution in [0.25, 0.3) is 10.9 Å². The van der Waals surface area contributed by atoms with Crippen molar-refractivity contribution in [2.75, 3.05) is 36.9 Å². The van der Waals surface area contributed by atoms with Crippen molar-refractivity contribution >= 4 is 34.0 Å². The fourth-order valence-electron chi connectivity index (χ4n) is 3.82. The normalized spacial score (nSPS) is 15.5. The molecule has 1 unspecified atom stereocenters. The number of carbonyl (C=O) groups is 1. The number of anilines is 3. The van der Waals surface area contributed by atoms with E-state index in [4.69, 9.17) is 15.9 Å². The molecular weight excluding hydrogens is 499 g/mol. The fraction of sp³-hybridized carbons (Fsp3) is 0.296. The second-order valence-corrected chi connectivity index (χ2v) is 8.46. The van der Waals surface area contributed by atoms with Gasteiger partial charge in [0.2, 0.25) is 5.91 Å². The van der Waals surface area contributed by atoms with Gasteiger partial charge in [0.1, 0.15) is 24.0 Å². The molecule has 0 bridgehead atoms. The highest BCUT2D eigenvalue weighted by Gasteiger charge is 2.31. The zero-order valence-corrected chi connectivity index (χ0v) is 20.6. The second-order valence-electron chi connectivity index (χ2n) is 8.46. The summed E-state index contributed by atoms with van der Waals surface area (Å²) in [6, 6.07) is 6.53. The molecule has 4 rings (SSSR count). The Morgan fingerprint density at radius 2 is 2.11 bits per heavy atom. The van der Waals surface area contributed by atoms with Gasteiger partial charge in [0.05, 0.1) is 30.0 Å². The first-order valence-electron chi connectivity index (χ1n) is 11.9. The van der Waals surface area contributed by atoms with Crippen molar-refractivity contribution in [3.8, 4) is 18.1 Å². The number of fused-ring (bicyclic) bond motifs is 1. The minimum atomic E-state index is -4.58. The predicted molar refractivity (Wildman–Crippen MR) is 138 cm³/mol. The number of aromatic nitrogens is 2. The van der Waals surface area contributed by atoms with Crippen molar-refractivity contribution in [3.05, 3.63) is 59.9 Å². The number of halogens is 3. The maximum absolute atomic E-state index is 13.4. The Hall–Kier alpha value is -4.14. The average Bonchev–Trinajstić information content (AvgIpc) is 3.40. The summed E-state index contributed by atoms with van der Waals surface area (Å²) in [5.74, 6) is 2.48. The summed E-state index contributed by atoms with van der Waals surface area (Å²) in [6.45, 7) is 4.24. The number of rotatable bonds is 9. The van der Waals surface area contributed by atoms with Gasteiger partial charge in [0, 0.05) is 41.7 Å². The third kappa shape index (κ3) is 6.79. The molecule has 1 aliphatic rings. The van der Waals surface area contributed by atoms with Crippen LogP contribution in [0.1, 0.15) is 24.5 Å². The number of nitrogens with zero attached hydrogens (tertiary/aromatic N) is 2. The van der Waals surface area contributed by atoms with Crippen LogP contribution in [-0.4, -0.2) is 48.3 Å². The Labute approximate surface area is 217 Å². The third-order valence-electron chi connectivity index (χ3n) is 5.65. The van der Waals surface area contributed by atoms with Crippen LogP contribution in [0, 0.1) is 12.3 Å². The highest BCUT2D eigenvalue weighted by molar-refractivity contribution is 6.03. The van der Waals surface area contributed by atoms with Crippen LogP contribution in [0.5, 0.6) is 5.75 Å². The van der Waals surface area contributed by atoms with Crippen LogP contribution in [0.3, 0.4) is 0 Å². The molecule has 1 atom stereocenters. The van der Waals surface area contributed by atoms with Gasteiger partial charge in [0.15, 0.2) is 0 Å². The van der Waals surface area contributed by atoms with Crippen LogP contribution < -0.4 is 20.7 Å². The summed E-state index contributed by atoms with van der Waals surface area (Å²) in [6.07, 6.45) is 5.67. The molecule has 3 N–H and O–H groups in total. The first-order valence-corrected chi connectivity index (χ1v) is 11.9. The Kier molecular flexibility index (Phi) is 8.45. The number of benzene rings is 2. The summed E-state index contributed by atoms with van der Waals surface area (Å²) in [7, 11) is 0. The van der Waals surface area contributed by atoms with Gasteiger partial charge in [-0.2, -0.15) is 13.2 Å². The van der Waals surface area contributed by atoms with E-state index in [2.05, 4.69) is 31.8 Å². The molecule has 1 fully saturated rings. The molecule has 0 spiro atoms. The highest BCUT2D eigenvalue weighted by Crippen LogP contribution is 2.36. The molecule has 3 aromatic rings. The molecule has 1 amide bonds.